The topological polar surface area (TPSA) is 21.3 Å². The van der Waals surface area contributed by atoms with Gasteiger partial charge in [-0.25, -0.2) is 4.39 Å². The largest absolute Gasteiger partial charge is 0.496 e. The minimum Gasteiger partial charge on any atom is -0.496 e. The highest BCUT2D eigenvalue weighted by atomic mass is 35.5. The third-order valence-electron chi connectivity index (χ3n) is 3.18. The van der Waals surface area contributed by atoms with Crippen molar-refractivity contribution >= 4 is 17.3 Å². The Hall–Kier alpha value is -1.74. The second kappa shape index (κ2) is 6.14. The van der Waals surface area contributed by atoms with Gasteiger partial charge in [-0.05, 0) is 37.6 Å². The zero-order chi connectivity index (χ0) is 14.7. The lowest BCUT2D eigenvalue weighted by molar-refractivity contribution is 0.407. The molecule has 1 atom stereocenters. The highest BCUT2D eigenvalue weighted by Crippen LogP contribution is 2.30. The number of nitrogens with one attached hydrogen (secondary N) is 1. The number of rotatable bonds is 4. The van der Waals surface area contributed by atoms with Crippen molar-refractivity contribution in [2.75, 3.05) is 12.4 Å². The highest BCUT2D eigenvalue weighted by Gasteiger charge is 2.14. The fraction of sp³-hybridized carbons (Fsp3) is 0.250. The lowest BCUT2D eigenvalue weighted by Gasteiger charge is -2.19. The Kier molecular flexibility index (Phi) is 4.50. The molecule has 0 heterocycles. The van der Waals surface area contributed by atoms with Gasteiger partial charge < -0.3 is 10.1 Å². The zero-order valence-electron chi connectivity index (χ0n) is 11.7. The number of methoxy groups -OCH3 is 1. The Morgan fingerprint density at radius 3 is 2.70 bits per heavy atom. The van der Waals surface area contributed by atoms with Crippen LogP contribution in [0, 0.1) is 12.7 Å². The number of hydrogen-bond acceptors (Lipinski definition) is 2. The van der Waals surface area contributed by atoms with Crippen LogP contribution >= 0.6 is 11.6 Å². The van der Waals surface area contributed by atoms with Gasteiger partial charge in [0.2, 0.25) is 0 Å². The maximum atomic E-state index is 13.9. The third kappa shape index (κ3) is 3.05. The van der Waals surface area contributed by atoms with Crippen LogP contribution in [0.4, 0.5) is 10.1 Å². The first-order valence-corrected chi connectivity index (χ1v) is 6.76. The van der Waals surface area contributed by atoms with Crippen molar-refractivity contribution in [3.05, 3.63) is 58.4 Å². The molecule has 0 fully saturated rings. The number of ether oxygens (including phenoxy) is 1. The van der Waals surface area contributed by atoms with Crippen molar-refractivity contribution in [3.8, 4) is 5.75 Å². The van der Waals surface area contributed by atoms with Gasteiger partial charge in [0.25, 0.3) is 0 Å². The van der Waals surface area contributed by atoms with Gasteiger partial charge in [0.05, 0.1) is 23.9 Å². The summed E-state index contributed by atoms with van der Waals surface area (Å²) in [7, 11) is 1.63. The SMILES string of the molecule is COc1cc(C)ccc1C(C)Nc1cccc(Cl)c1F. The molecule has 0 saturated heterocycles. The van der Waals surface area contributed by atoms with Crippen LogP contribution in [0.1, 0.15) is 24.1 Å². The Balaban J connectivity index is 2.28. The minimum atomic E-state index is -0.438. The molecule has 1 N–H and O–H groups in total. The van der Waals surface area contributed by atoms with E-state index in [1.54, 1.807) is 19.2 Å². The van der Waals surface area contributed by atoms with E-state index in [0.29, 0.717) is 5.69 Å². The average molecular weight is 294 g/mol. The van der Waals surface area contributed by atoms with E-state index < -0.39 is 5.82 Å². The molecule has 106 valence electrons. The van der Waals surface area contributed by atoms with E-state index in [2.05, 4.69) is 5.32 Å². The number of halogens is 2. The van der Waals surface area contributed by atoms with Gasteiger partial charge in [0.1, 0.15) is 5.75 Å². The first kappa shape index (κ1) is 14.7. The maximum absolute atomic E-state index is 13.9. The summed E-state index contributed by atoms with van der Waals surface area (Å²) in [5, 5.41) is 3.23. The van der Waals surface area contributed by atoms with Crippen molar-refractivity contribution in [1.82, 2.24) is 0 Å². The Labute approximate surface area is 123 Å². The molecule has 0 amide bonds. The molecule has 0 spiro atoms. The lowest BCUT2D eigenvalue weighted by atomic mass is 10.0. The number of benzene rings is 2. The first-order chi connectivity index (χ1) is 9.52. The number of aryl methyl sites for hydroxylation is 1. The third-order valence-corrected chi connectivity index (χ3v) is 3.47. The first-order valence-electron chi connectivity index (χ1n) is 6.38. The van der Waals surface area contributed by atoms with E-state index in [-0.39, 0.29) is 11.1 Å². The van der Waals surface area contributed by atoms with Crippen LogP contribution in [0.5, 0.6) is 5.75 Å². The highest BCUT2D eigenvalue weighted by molar-refractivity contribution is 6.31. The molecular weight excluding hydrogens is 277 g/mol. The van der Waals surface area contributed by atoms with Crippen molar-refractivity contribution in [3.63, 3.8) is 0 Å². The number of hydrogen-bond donors (Lipinski definition) is 1. The van der Waals surface area contributed by atoms with Gasteiger partial charge in [0.15, 0.2) is 5.82 Å². The Morgan fingerprint density at radius 2 is 2.00 bits per heavy atom. The van der Waals surface area contributed by atoms with Crippen molar-refractivity contribution in [1.29, 1.82) is 0 Å². The standard InChI is InChI=1S/C16H17ClFNO/c1-10-7-8-12(15(9-10)20-3)11(2)19-14-6-4-5-13(17)16(14)18/h4-9,11,19H,1-3H3. The van der Waals surface area contributed by atoms with Gasteiger partial charge in [-0.1, -0.05) is 29.8 Å². The quantitative estimate of drug-likeness (QED) is 0.859. The van der Waals surface area contributed by atoms with Crippen LogP contribution in [0.3, 0.4) is 0 Å². The molecule has 4 heteroatoms. The second-order valence-corrected chi connectivity index (χ2v) is 5.12. The number of anilines is 1. The van der Waals surface area contributed by atoms with Crippen LogP contribution in [0.15, 0.2) is 36.4 Å². The normalized spacial score (nSPS) is 12.1. The predicted molar refractivity (Wildman–Crippen MR) is 81.2 cm³/mol. The van der Waals surface area contributed by atoms with E-state index in [9.17, 15) is 4.39 Å². The van der Waals surface area contributed by atoms with Gasteiger partial charge in [0, 0.05) is 5.56 Å². The molecule has 2 aromatic rings. The van der Waals surface area contributed by atoms with Gasteiger partial charge >= 0.3 is 0 Å². The summed E-state index contributed by atoms with van der Waals surface area (Å²) in [6.45, 7) is 3.95. The molecule has 2 nitrogen and oxygen atoms in total. The molecule has 0 aromatic heterocycles. The molecule has 2 aromatic carbocycles. The molecule has 20 heavy (non-hydrogen) atoms. The van der Waals surface area contributed by atoms with Crippen LogP contribution in [-0.2, 0) is 0 Å². The predicted octanol–water partition coefficient (Wildman–Crippen LogP) is 4.97. The summed E-state index contributed by atoms with van der Waals surface area (Å²) >= 11 is 5.78. The summed E-state index contributed by atoms with van der Waals surface area (Å²) in [5.74, 6) is 0.347. The van der Waals surface area contributed by atoms with Crippen molar-refractivity contribution in [2.24, 2.45) is 0 Å². The zero-order valence-corrected chi connectivity index (χ0v) is 12.5. The fourth-order valence-corrected chi connectivity index (χ4v) is 2.28. The fourth-order valence-electron chi connectivity index (χ4n) is 2.10. The van der Waals surface area contributed by atoms with Gasteiger partial charge in [-0.3, -0.25) is 0 Å². The minimum absolute atomic E-state index is 0.0986. The lowest BCUT2D eigenvalue weighted by Crippen LogP contribution is -2.09. The average Bonchev–Trinajstić information content (AvgIpc) is 2.43. The van der Waals surface area contributed by atoms with E-state index in [4.69, 9.17) is 16.3 Å². The Morgan fingerprint density at radius 1 is 1.25 bits per heavy atom. The molecule has 0 radical (unpaired) electrons. The summed E-state index contributed by atoms with van der Waals surface area (Å²) in [4.78, 5) is 0. The van der Waals surface area contributed by atoms with E-state index >= 15 is 0 Å². The van der Waals surface area contributed by atoms with E-state index in [1.807, 2.05) is 32.0 Å². The van der Waals surface area contributed by atoms with Crippen molar-refractivity contribution < 1.29 is 9.13 Å². The van der Waals surface area contributed by atoms with E-state index in [1.165, 1.54) is 6.07 Å². The van der Waals surface area contributed by atoms with Crippen LogP contribution in [-0.4, -0.2) is 7.11 Å². The Bertz CT molecular complexity index is 615. The summed E-state index contributed by atoms with van der Waals surface area (Å²) in [5.41, 5.74) is 2.47. The van der Waals surface area contributed by atoms with Crippen LogP contribution < -0.4 is 10.1 Å². The summed E-state index contributed by atoms with van der Waals surface area (Å²) in [6, 6.07) is 10.8. The van der Waals surface area contributed by atoms with E-state index in [0.717, 1.165) is 16.9 Å². The van der Waals surface area contributed by atoms with Gasteiger partial charge in [-0.15, -0.1) is 0 Å². The molecule has 0 bridgehead atoms. The molecule has 0 saturated carbocycles. The summed E-state index contributed by atoms with van der Waals surface area (Å²) in [6.07, 6.45) is 0. The smallest absolute Gasteiger partial charge is 0.164 e. The molecule has 1 unspecified atom stereocenters. The van der Waals surface area contributed by atoms with Crippen LogP contribution in [0.2, 0.25) is 5.02 Å². The molecular formula is C16H17ClFNO. The molecule has 0 aliphatic rings. The van der Waals surface area contributed by atoms with Crippen LogP contribution in [0.25, 0.3) is 0 Å². The maximum Gasteiger partial charge on any atom is 0.164 e. The molecule has 2 rings (SSSR count). The van der Waals surface area contributed by atoms with Crippen molar-refractivity contribution in [2.45, 2.75) is 19.9 Å². The summed E-state index contributed by atoms with van der Waals surface area (Å²) < 4.78 is 19.3. The molecule has 0 aliphatic heterocycles. The molecule has 0 aliphatic carbocycles. The van der Waals surface area contributed by atoms with Gasteiger partial charge in [-0.2, -0.15) is 0 Å². The monoisotopic (exact) mass is 293 g/mol. The second-order valence-electron chi connectivity index (χ2n) is 4.71.